The zero-order valence-corrected chi connectivity index (χ0v) is 18.7. The number of carbonyl (C=O) groups excluding carboxylic acids is 1. The van der Waals surface area contributed by atoms with Crippen molar-refractivity contribution >= 4 is 49.9 Å². The van der Waals surface area contributed by atoms with E-state index in [0.717, 1.165) is 72.7 Å². The molecule has 0 N–H and O–H groups in total. The lowest BCUT2D eigenvalue weighted by molar-refractivity contribution is -0.136. The summed E-state index contributed by atoms with van der Waals surface area (Å²) >= 11 is 7.84. The molecule has 8 heteroatoms. The lowest BCUT2D eigenvalue weighted by Gasteiger charge is -2.39. The zero-order chi connectivity index (χ0) is 21.4. The maximum Gasteiger partial charge on any atom is 0.225 e. The largest absolute Gasteiger partial charge is 0.367 e. The third-order valence-corrected chi connectivity index (χ3v) is 7.66. The van der Waals surface area contributed by atoms with Gasteiger partial charge in [-0.1, -0.05) is 41.1 Å². The van der Waals surface area contributed by atoms with Crippen LogP contribution < -0.4 is 9.80 Å². The van der Waals surface area contributed by atoms with Gasteiger partial charge in [0.1, 0.15) is 11.3 Å². The SMILES string of the molecule is O=C(C1CCN(c2nc3c(F)cccc3s2)CC1)N1CCN(c2ccccc2Cl)CC1. The fraction of sp³-hybridized carbons (Fsp3) is 0.391. The predicted octanol–water partition coefficient (Wildman–Crippen LogP) is 4.65. The molecule has 5 rings (SSSR count). The van der Waals surface area contributed by atoms with Crippen molar-refractivity contribution in [3.05, 3.63) is 53.3 Å². The quantitative estimate of drug-likeness (QED) is 0.572. The molecule has 2 fully saturated rings. The van der Waals surface area contributed by atoms with E-state index in [-0.39, 0.29) is 17.6 Å². The summed E-state index contributed by atoms with van der Waals surface area (Å²) < 4.78 is 14.8. The molecule has 162 valence electrons. The minimum atomic E-state index is -0.277. The third kappa shape index (κ3) is 4.08. The number of anilines is 2. The monoisotopic (exact) mass is 458 g/mol. The van der Waals surface area contributed by atoms with Gasteiger partial charge in [0.25, 0.3) is 0 Å². The number of para-hydroxylation sites is 2. The molecule has 0 saturated carbocycles. The van der Waals surface area contributed by atoms with Gasteiger partial charge in [-0.05, 0) is 37.1 Å². The average Bonchev–Trinajstić information content (AvgIpc) is 3.25. The van der Waals surface area contributed by atoms with Crippen LogP contribution in [-0.4, -0.2) is 55.1 Å². The van der Waals surface area contributed by atoms with E-state index in [1.807, 2.05) is 35.2 Å². The number of nitrogens with zero attached hydrogens (tertiary/aromatic N) is 4. The Kier molecular flexibility index (Phi) is 5.71. The minimum Gasteiger partial charge on any atom is -0.367 e. The van der Waals surface area contributed by atoms with E-state index >= 15 is 0 Å². The van der Waals surface area contributed by atoms with Gasteiger partial charge in [-0.15, -0.1) is 0 Å². The van der Waals surface area contributed by atoms with Crippen LogP contribution in [0.15, 0.2) is 42.5 Å². The number of piperazine rings is 1. The summed E-state index contributed by atoms with van der Waals surface area (Å²) in [5.41, 5.74) is 1.48. The summed E-state index contributed by atoms with van der Waals surface area (Å²) in [5, 5.41) is 1.60. The molecule has 1 amide bonds. The average molecular weight is 459 g/mol. The van der Waals surface area contributed by atoms with Gasteiger partial charge in [-0.25, -0.2) is 9.37 Å². The van der Waals surface area contributed by atoms with E-state index in [0.29, 0.717) is 5.52 Å². The van der Waals surface area contributed by atoms with Gasteiger partial charge in [-0.2, -0.15) is 0 Å². The van der Waals surface area contributed by atoms with Crippen molar-refractivity contribution in [2.24, 2.45) is 5.92 Å². The molecule has 0 atom stereocenters. The van der Waals surface area contributed by atoms with Crippen molar-refractivity contribution in [1.29, 1.82) is 0 Å². The summed E-state index contributed by atoms with van der Waals surface area (Å²) in [6, 6.07) is 12.9. The molecular weight excluding hydrogens is 435 g/mol. The van der Waals surface area contributed by atoms with Gasteiger partial charge >= 0.3 is 0 Å². The second-order valence-electron chi connectivity index (χ2n) is 8.11. The van der Waals surface area contributed by atoms with Crippen LogP contribution in [0.3, 0.4) is 0 Å². The van der Waals surface area contributed by atoms with Gasteiger partial charge < -0.3 is 14.7 Å². The molecule has 2 aromatic carbocycles. The van der Waals surface area contributed by atoms with E-state index in [2.05, 4.69) is 14.8 Å². The lowest BCUT2D eigenvalue weighted by atomic mass is 9.95. The number of hydrogen-bond donors (Lipinski definition) is 0. The summed E-state index contributed by atoms with van der Waals surface area (Å²) in [4.78, 5) is 24.0. The molecule has 0 spiro atoms. The Morgan fingerprint density at radius 2 is 1.71 bits per heavy atom. The molecule has 3 heterocycles. The zero-order valence-electron chi connectivity index (χ0n) is 17.1. The number of amides is 1. The highest BCUT2D eigenvalue weighted by molar-refractivity contribution is 7.22. The van der Waals surface area contributed by atoms with Crippen molar-refractivity contribution in [2.45, 2.75) is 12.8 Å². The fourth-order valence-corrected chi connectivity index (χ4v) is 5.78. The van der Waals surface area contributed by atoms with E-state index in [4.69, 9.17) is 11.6 Å². The third-order valence-electron chi connectivity index (χ3n) is 6.26. The summed E-state index contributed by atoms with van der Waals surface area (Å²) in [6.07, 6.45) is 1.62. The topological polar surface area (TPSA) is 39.7 Å². The van der Waals surface area contributed by atoms with Crippen LogP contribution >= 0.6 is 22.9 Å². The Labute approximate surface area is 190 Å². The molecule has 2 aliphatic rings. The summed E-state index contributed by atoms with van der Waals surface area (Å²) in [5.74, 6) is 0.0315. The molecule has 3 aromatic rings. The van der Waals surface area contributed by atoms with Crippen LogP contribution in [0.25, 0.3) is 10.2 Å². The van der Waals surface area contributed by atoms with Gasteiger partial charge in [-0.3, -0.25) is 4.79 Å². The highest BCUT2D eigenvalue weighted by Gasteiger charge is 2.31. The van der Waals surface area contributed by atoms with E-state index < -0.39 is 0 Å². The second-order valence-corrected chi connectivity index (χ2v) is 9.52. The Balaban J connectivity index is 1.17. The molecule has 0 radical (unpaired) electrons. The molecule has 0 unspecified atom stereocenters. The van der Waals surface area contributed by atoms with Crippen molar-refractivity contribution in [3.63, 3.8) is 0 Å². The van der Waals surface area contributed by atoms with Gasteiger partial charge in [0, 0.05) is 45.2 Å². The number of fused-ring (bicyclic) bond motifs is 1. The van der Waals surface area contributed by atoms with Crippen LogP contribution in [0.2, 0.25) is 5.02 Å². The van der Waals surface area contributed by atoms with Crippen molar-refractivity contribution in [1.82, 2.24) is 9.88 Å². The number of carbonyl (C=O) groups is 1. The highest BCUT2D eigenvalue weighted by Crippen LogP contribution is 2.33. The first-order valence-corrected chi connectivity index (χ1v) is 11.9. The summed E-state index contributed by atoms with van der Waals surface area (Å²) in [6.45, 7) is 4.59. The second kappa shape index (κ2) is 8.63. The number of aromatic nitrogens is 1. The number of benzene rings is 2. The van der Waals surface area contributed by atoms with E-state index in [1.54, 1.807) is 6.07 Å². The van der Waals surface area contributed by atoms with Gasteiger partial charge in [0.05, 0.1) is 15.4 Å². The van der Waals surface area contributed by atoms with Crippen LogP contribution in [-0.2, 0) is 4.79 Å². The maximum atomic E-state index is 14.0. The van der Waals surface area contributed by atoms with E-state index in [1.165, 1.54) is 17.4 Å². The Hall–Kier alpha value is -2.38. The Morgan fingerprint density at radius 3 is 2.42 bits per heavy atom. The number of hydrogen-bond acceptors (Lipinski definition) is 5. The molecule has 2 aliphatic heterocycles. The molecule has 1 aromatic heterocycles. The molecular formula is C23H24ClFN4OS. The fourth-order valence-electron chi connectivity index (χ4n) is 4.49. The van der Waals surface area contributed by atoms with Gasteiger partial charge in [0.2, 0.25) is 5.91 Å². The molecule has 2 saturated heterocycles. The van der Waals surface area contributed by atoms with Crippen LogP contribution in [0.5, 0.6) is 0 Å². The normalized spacial score (nSPS) is 18.1. The lowest BCUT2D eigenvalue weighted by Crippen LogP contribution is -2.51. The maximum absolute atomic E-state index is 14.0. The highest BCUT2D eigenvalue weighted by atomic mass is 35.5. The van der Waals surface area contributed by atoms with Crippen LogP contribution in [0.4, 0.5) is 15.2 Å². The first-order chi connectivity index (χ1) is 15.1. The number of piperidine rings is 1. The van der Waals surface area contributed by atoms with Crippen LogP contribution in [0, 0.1) is 11.7 Å². The van der Waals surface area contributed by atoms with Gasteiger partial charge in [0.15, 0.2) is 5.13 Å². The number of thiazole rings is 1. The molecule has 31 heavy (non-hydrogen) atoms. The summed E-state index contributed by atoms with van der Waals surface area (Å²) in [7, 11) is 0. The van der Waals surface area contributed by atoms with Crippen molar-refractivity contribution < 1.29 is 9.18 Å². The Morgan fingerprint density at radius 1 is 0.968 bits per heavy atom. The molecule has 0 bridgehead atoms. The number of rotatable bonds is 3. The minimum absolute atomic E-state index is 0.0502. The Bertz CT molecular complexity index is 1090. The standard InChI is InChI=1S/C23H24ClFN4OS/c24-17-4-1-2-6-19(17)27-12-14-28(15-13-27)22(30)16-8-10-29(11-9-16)23-26-21-18(25)5-3-7-20(21)31-23/h1-7,16H,8-15H2. The first kappa shape index (κ1) is 20.5. The molecule has 0 aliphatic carbocycles. The van der Waals surface area contributed by atoms with E-state index in [9.17, 15) is 9.18 Å². The first-order valence-electron chi connectivity index (χ1n) is 10.7. The smallest absolute Gasteiger partial charge is 0.225 e. The van der Waals surface area contributed by atoms with Crippen molar-refractivity contribution in [2.75, 3.05) is 49.1 Å². The molecule has 5 nitrogen and oxygen atoms in total. The predicted molar refractivity (Wildman–Crippen MR) is 125 cm³/mol. The van der Waals surface area contributed by atoms with Crippen molar-refractivity contribution in [3.8, 4) is 0 Å². The van der Waals surface area contributed by atoms with Crippen LogP contribution in [0.1, 0.15) is 12.8 Å². The number of halogens is 2.